The number of carboxylic acid groups (broad SMARTS) is 1. The van der Waals surface area contributed by atoms with Crippen molar-refractivity contribution in [1.82, 2.24) is 0 Å². The zero-order chi connectivity index (χ0) is 11.4. The van der Waals surface area contributed by atoms with Gasteiger partial charge in [0.25, 0.3) is 0 Å². The second-order valence-electron chi connectivity index (χ2n) is 3.74. The Morgan fingerprint density at radius 3 is 2.73 bits per heavy atom. The smallest absolute Gasteiger partial charge is 0.337 e. The Balaban J connectivity index is 2.97. The van der Waals surface area contributed by atoms with Gasteiger partial charge in [0, 0.05) is 6.54 Å². The van der Waals surface area contributed by atoms with E-state index in [0.29, 0.717) is 23.2 Å². The van der Waals surface area contributed by atoms with Crippen molar-refractivity contribution in [2.24, 2.45) is 5.92 Å². The molecule has 0 heterocycles. The monoisotopic (exact) mass is 227 g/mol. The van der Waals surface area contributed by atoms with Crippen LogP contribution < -0.4 is 5.32 Å². The maximum atomic E-state index is 10.9. The molecule has 15 heavy (non-hydrogen) atoms. The van der Waals surface area contributed by atoms with Gasteiger partial charge in [0.05, 0.1) is 16.3 Å². The molecule has 0 aromatic heterocycles. The molecule has 0 saturated heterocycles. The van der Waals surface area contributed by atoms with Crippen LogP contribution >= 0.6 is 11.6 Å². The van der Waals surface area contributed by atoms with Crippen molar-refractivity contribution in [3.8, 4) is 0 Å². The van der Waals surface area contributed by atoms with Crippen molar-refractivity contribution in [3.63, 3.8) is 0 Å². The molecule has 0 aliphatic carbocycles. The van der Waals surface area contributed by atoms with E-state index in [1.807, 2.05) is 13.8 Å². The summed E-state index contributed by atoms with van der Waals surface area (Å²) in [6.07, 6.45) is 0. The summed E-state index contributed by atoms with van der Waals surface area (Å²) >= 11 is 5.93. The van der Waals surface area contributed by atoms with Gasteiger partial charge in [-0.2, -0.15) is 0 Å². The molecule has 2 N–H and O–H groups in total. The lowest BCUT2D eigenvalue weighted by Gasteiger charge is -2.12. The third-order valence-corrected chi connectivity index (χ3v) is 2.25. The van der Waals surface area contributed by atoms with Gasteiger partial charge in [-0.3, -0.25) is 0 Å². The number of aromatic carboxylic acids is 1. The lowest BCUT2D eigenvalue weighted by Crippen LogP contribution is -2.12. The maximum absolute atomic E-state index is 10.9. The summed E-state index contributed by atoms with van der Waals surface area (Å²) in [5.41, 5.74) is 0.712. The van der Waals surface area contributed by atoms with E-state index in [4.69, 9.17) is 16.7 Å². The summed E-state index contributed by atoms with van der Waals surface area (Å²) in [6, 6.07) is 4.85. The standard InChI is InChI=1S/C11H14ClNO2/c1-7(2)6-13-10-8(11(14)15)4-3-5-9(10)12/h3-5,7,13H,6H2,1-2H3,(H,14,15). The average molecular weight is 228 g/mol. The number of rotatable bonds is 4. The molecule has 0 spiro atoms. The SMILES string of the molecule is CC(C)CNc1c(Cl)cccc1C(=O)O. The molecule has 0 unspecified atom stereocenters. The van der Waals surface area contributed by atoms with E-state index < -0.39 is 5.97 Å². The molecule has 0 bridgehead atoms. The van der Waals surface area contributed by atoms with Crippen LogP contribution in [0.15, 0.2) is 18.2 Å². The fourth-order valence-corrected chi connectivity index (χ4v) is 1.43. The van der Waals surface area contributed by atoms with E-state index in [2.05, 4.69) is 5.32 Å². The fourth-order valence-electron chi connectivity index (χ4n) is 1.19. The highest BCUT2D eigenvalue weighted by atomic mass is 35.5. The lowest BCUT2D eigenvalue weighted by molar-refractivity contribution is 0.0698. The molecule has 0 saturated carbocycles. The van der Waals surface area contributed by atoms with Gasteiger partial charge in [-0.1, -0.05) is 31.5 Å². The van der Waals surface area contributed by atoms with E-state index in [0.717, 1.165) is 0 Å². The summed E-state index contributed by atoms with van der Waals surface area (Å²) in [6.45, 7) is 4.79. The van der Waals surface area contributed by atoms with E-state index >= 15 is 0 Å². The first-order valence-corrected chi connectivity index (χ1v) is 5.16. The summed E-state index contributed by atoms with van der Waals surface area (Å²) < 4.78 is 0. The van der Waals surface area contributed by atoms with Gasteiger partial charge < -0.3 is 10.4 Å². The predicted octanol–water partition coefficient (Wildman–Crippen LogP) is 3.11. The normalized spacial score (nSPS) is 10.4. The van der Waals surface area contributed by atoms with Crippen LogP contribution in [-0.4, -0.2) is 17.6 Å². The maximum Gasteiger partial charge on any atom is 0.337 e. The molecular formula is C11H14ClNO2. The number of hydrogen-bond acceptors (Lipinski definition) is 2. The Morgan fingerprint density at radius 2 is 2.20 bits per heavy atom. The summed E-state index contributed by atoms with van der Waals surface area (Å²) in [4.78, 5) is 10.9. The van der Waals surface area contributed by atoms with Crippen molar-refractivity contribution in [3.05, 3.63) is 28.8 Å². The highest BCUT2D eigenvalue weighted by Gasteiger charge is 2.12. The van der Waals surface area contributed by atoms with Crippen LogP contribution in [0.1, 0.15) is 24.2 Å². The second kappa shape index (κ2) is 5.03. The minimum Gasteiger partial charge on any atom is -0.478 e. The Kier molecular flexibility index (Phi) is 3.97. The summed E-state index contributed by atoms with van der Waals surface area (Å²) in [5, 5.41) is 12.4. The number of carbonyl (C=O) groups is 1. The van der Waals surface area contributed by atoms with E-state index in [1.165, 1.54) is 6.07 Å². The minimum absolute atomic E-state index is 0.211. The van der Waals surface area contributed by atoms with Gasteiger partial charge in [0.15, 0.2) is 0 Å². The van der Waals surface area contributed by atoms with Crippen molar-refractivity contribution >= 4 is 23.3 Å². The zero-order valence-corrected chi connectivity index (χ0v) is 9.51. The molecular weight excluding hydrogens is 214 g/mol. The van der Waals surface area contributed by atoms with Crippen molar-refractivity contribution < 1.29 is 9.90 Å². The van der Waals surface area contributed by atoms with E-state index in [9.17, 15) is 4.79 Å². The molecule has 0 fully saturated rings. The second-order valence-corrected chi connectivity index (χ2v) is 4.15. The molecule has 0 amide bonds. The van der Waals surface area contributed by atoms with Crippen LogP contribution in [0.25, 0.3) is 0 Å². The molecule has 1 aromatic carbocycles. The highest BCUT2D eigenvalue weighted by Crippen LogP contribution is 2.26. The number of halogens is 1. The van der Waals surface area contributed by atoms with Gasteiger partial charge in [-0.25, -0.2) is 4.79 Å². The number of anilines is 1. The number of para-hydroxylation sites is 1. The molecule has 0 aliphatic heterocycles. The number of carboxylic acids is 1. The van der Waals surface area contributed by atoms with Crippen molar-refractivity contribution in [2.75, 3.05) is 11.9 Å². The fraction of sp³-hybridized carbons (Fsp3) is 0.364. The largest absolute Gasteiger partial charge is 0.478 e. The number of benzene rings is 1. The van der Waals surface area contributed by atoms with E-state index in [1.54, 1.807) is 12.1 Å². The predicted molar refractivity (Wildman–Crippen MR) is 61.7 cm³/mol. The Bertz CT molecular complexity index is 364. The van der Waals surface area contributed by atoms with Gasteiger partial charge in [-0.15, -0.1) is 0 Å². The third kappa shape index (κ3) is 3.13. The molecule has 82 valence electrons. The molecule has 1 rings (SSSR count). The van der Waals surface area contributed by atoms with Crippen LogP contribution in [0.3, 0.4) is 0 Å². The first kappa shape index (κ1) is 11.9. The summed E-state index contributed by atoms with van der Waals surface area (Å²) in [7, 11) is 0. The van der Waals surface area contributed by atoms with Crippen LogP contribution in [0.4, 0.5) is 5.69 Å². The Hall–Kier alpha value is -1.22. The number of nitrogens with one attached hydrogen (secondary N) is 1. The van der Waals surface area contributed by atoms with Crippen molar-refractivity contribution in [1.29, 1.82) is 0 Å². The van der Waals surface area contributed by atoms with Gasteiger partial charge in [0.2, 0.25) is 0 Å². The topological polar surface area (TPSA) is 49.3 Å². The molecule has 0 aliphatic rings. The highest BCUT2D eigenvalue weighted by molar-refractivity contribution is 6.34. The van der Waals surface area contributed by atoms with E-state index in [-0.39, 0.29) is 5.56 Å². The molecule has 1 aromatic rings. The zero-order valence-electron chi connectivity index (χ0n) is 8.75. The quantitative estimate of drug-likeness (QED) is 0.831. The number of hydrogen-bond donors (Lipinski definition) is 2. The van der Waals surface area contributed by atoms with Crippen molar-refractivity contribution in [2.45, 2.75) is 13.8 Å². The van der Waals surface area contributed by atoms with Gasteiger partial charge in [0.1, 0.15) is 0 Å². The van der Waals surface area contributed by atoms with Gasteiger partial charge >= 0.3 is 5.97 Å². The Morgan fingerprint density at radius 1 is 1.53 bits per heavy atom. The minimum atomic E-state index is -0.969. The molecule has 0 radical (unpaired) electrons. The van der Waals surface area contributed by atoms with Crippen LogP contribution in [0, 0.1) is 5.92 Å². The van der Waals surface area contributed by atoms with Crippen LogP contribution in [0.2, 0.25) is 5.02 Å². The Labute approximate surface area is 94.1 Å². The first-order chi connectivity index (χ1) is 7.02. The van der Waals surface area contributed by atoms with Crippen LogP contribution in [-0.2, 0) is 0 Å². The molecule has 4 heteroatoms. The average Bonchev–Trinajstić information content (AvgIpc) is 2.15. The molecule has 3 nitrogen and oxygen atoms in total. The van der Waals surface area contributed by atoms with Gasteiger partial charge in [-0.05, 0) is 18.1 Å². The summed E-state index contributed by atoms with van der Waals surface area (Å²) in [5.74, 6) is -0.535. The lowest BCUT2D eigenvalue weighted by atomic mass is 10.1. The first-order valence-electron chi connectivity index (χ1n) is 4.78. The molecule has 0 atom stereocenters. The third-order valence-electron chi connectivity index (χ3n) is 1.93. The van der Waals surface area contributed by atoms with Crippen LogP contribution in [0.5, 0.6) is 0 Å².